The monoisotopic (exact) mass is 604 g/mol. The van der Waals surface area contributed by atoms with Gasteiger partial charge in [-0.05, 0) is 98.4 Å². The number of ketones is 1. The summed E-state index contributed by atoms with van der Waals surface area (Å²) in [5, 5.41) is 4.39. The van der Waals surface area contributed by atoms with Crippen LogP contribution in [-0.2, 0) is 13.0 Å². The Hall–Kier alpha value is -5.41. The third-order valence-electron chi connectivity index (χ3n) is 7.50. The van der Waals surface area contributed by atoms with Crippen LogP contribution in [0.15, 0.2) is 108 Å². The van der Waals surface area contributed by atoms with Crippen LogP contribution in [0.2, 0.25) is 0 Å². The fourth-order valence-electron chi connectivity index (χ4n) is 5.42. The smallest absolute Gasteiger partial charge is 0.266 e. The zero-order chi connectivity index (χ0) is 31.7. The molecule has 0 saturated heterocycles. The van der Waals surface area contributed by atoms with Crippen molar-refractivity contribution in [2.24, 2.45) is 0 Å². The number of pyridine rings is 1. The molecule has 0 radical (unpaired) electrons. The van der Waals surface area contributed by atoms with E-state index < -0.39 is 23.0 Å². The lowest BCUT2D eigenvalue weighted by Crippen LogP contribution is -2.27. The molecular formula is C36H30F2N4O3. The van der Waals surface area contributed by atoms with Crippen LogP contribution < -0.4 is 10.3 Å². The summed E-state index contributed by atoms with van der Waals surface area (Å²) in [6.45, 7) is 2.51. The first-order chi connectivity index (χ1) is 21.7. The van der Waals surface area contributed by atoms with Crippen LogP contribution in [0.25, 0.3) is 22.3 Å². The van der Waals surface area contributed by atoms with E-state index in [1.807, 2.05) is 38.5 Å². The molecule has 226 valence electrons. The number of Topliss-reactive ketones (excluding diaryl/α,β-unsaturated/α-hetero) is 1. The third kappa shape index (κ3) is 6.16. The van der Waals surface area contributed by atoms with Crippen LogP contribution >= 0.6 is 0 Å². The number of rotatable bonds is 9. The molecule has 45 heavy (non-hydrogen) atoms. The average Bonchev–Trinajstić information content (AvgIpc) is 3.45. The van der Waals surface area contributed by atoms with E-state index in [-0.39, 0.29) is 17.7 Å². The van der Waals surface area contributed by atoms with Gasteiger partial charge in [0, 0.05) is 42.2 Å². The maximum Gasteiger partial charge on any atom is 0.266 e. The minimum Gasteiger partial charge on any atom is -0.452 e. The molecule has 9 heteroatoms. The number of hydrogen-bond acceptors (Lipinski definition) is 5. The summed E-state index contributed by atoms with van der Waals surface area (Å²) >= 11 is 0. The average molecular weight is 605 g/mol. The highest BCUT2D eigenvalue weighted by Gasteiger charge is 2.18. The highest BCUT2D eigenvalue weighted by molar-refractivity contribution is 5.97. The summed E-state index contributed by atoms with van der Waals surface area (Å²) in [5.74, 6) is -1.13. The molecule has 0 spiro atoms. The van der Waals surface area contributed by atoms with Gasteiger partial charge in [-0.1, -0.05) is 24.3 Å². The minimum absolute atomic E-state index is 0.0122. The van der Waals surface area contributed by atoms with E-state index in [1.165, 1.54) is 47.0 Å². The van der Waals surface area contributed by atoms with Crippen molar-refractivity contribution in [2.75, 3.05) is 14.1 Å². The normalized spacial score (nSPS) is 11.3. The van der Waals surface area contributed by atoms with Gasteiger partial charge < -0.3 is 9.64 Å². The van der Waals surface area contributed by atoms with Crippen LogP contribution in [0.1, 0.15) is 27.2 Å². The maximum atomic E-state index is 15.4. The molecule has 0 aliphatic carbocycles. The number of nitrogens with zero attached hydrogens (tertiary/aromatic N) is 4. The van der Waals surface area contributed by atoms with Gasteiger partial charge in [-0.3, -0.25) is 14.2 Å². The molecule has 7 nitrogen and oxygen atoms in total. The van der Waals surface area contributed by atoms with Crippen molar-refractivity contribution in [1.29, 1.82) is 0 Å². The number of ether oxygens (including phenoxy) is 1. The van der Waals surface area contributed by atoms with E-state index in [1.54, 1.807) is 35.8 Å². The SMILES string of the molecule is Cc1ccc(C(=O)Cc2ccc(Oc3ccnn4ccc(-c5cccc(CN(C)C)c5)c34)c(F)c2)c(=O)n1-c1ccc(F)cc1. The Morgan fingerprint density at radius 3 is 2.44 bits per heavy atom. The first-order valence-corrected chi connectivity index (χ1v) is 14.4. The zero-order valence-corrected chi connectivity index (χ0v) is 25.0. The molecule has 0 unspecified atom stereocenters. The number of hydrogen-bond donors (Lipinski definition) is 0. The Morgan fingerprint density at radius 1 is 0.889 bits per heavy atom. The number of carbonyl (C=O) groups excluding carboxylic acids is 1. The van der Waals surface area contributed by atoms with Crippen LogP contribution in [0.4, 0.5) is 8.78 Å². The van der Waals surface area contributed by atoms with Gasteiger partial charge in [0.2, 0.25) is 0 Å². The fourth-order valence-corrected chi connectivity index (χ4v) is 5.42. The lowest BCUT2D eigenvalue weighted by molar-refractivity contribution is 0.0991. The zero-order valence-electron chi connectivity index (χ0n) is 25.0. The highest BCUT2D eigenvalue weighted by Crippen LogP contribution is 2.35. The molecule has 3 heterocycles. The van der Waals surface area contributed by atoms with Gasteiger partial charge >= 0.3 is 0 Å². The molecule has 0 aliphatic rings. The van der Waals surface area contributed by atoms with Crippen LogP contribution in [0.3, 0.4) is 0 Å². The van der Waals surface area contributed by atoms with Crippen LogP contribution in [-0.4, -0.2) is 39.0 Å². The van der Waals surface area contributed by atoms with Crippen LogP contribution in [0.5, 0.6) is 11.5 Å². The van der Waals surface area contributed by atoms with Gasteiger partial charge in [-0.15, -0.1) is 0 Å². The molecule has 6 aromatic rings. The molecule has 0 bridgehead atoms. The Balaban J connectivity index is 1.25. The first kappa shape index (κ1) is 29.7. The lowest BCUT2D eigenvalue weighted by Gasteiger charge is -2.13. The highest BCUT2D eigenvalue weighted by atomic mass is 19.1. The van der Waals surface area contributed by atoms with Crippen LogP contribution in [0, 0.1) is 18.6 Å². The van der Waals surface area contributed by atoms with Gasteiger partial charge in [-0.2, -0.15) is 5.10 Å². The summed E-state index contributed by atoms with van der Waals surface area (Å²) in [4.78, 5) is 28.6. The van der Waals surface area contributed by atoms with Crippen molar-refractivity contribution in [3.63, 3.8) is 0 Å². The second-order valence-corrected chi connectivity index (χ2v) is 11.1. The molecule has 3 aromatic carbocycles. The molecule has 0 fully saturated rings. The van der Waals surface area contributed by atoms with Crippen molar-refractivity contribution in [2.45, 2.75) is 19.9 Å². The number of carbonyl (C=O) groups is 1. The van der Waals surface area contributed by atoms with E-state index in [9.17, 15) is 14.0 Å². The molecule has 0 N–H and O–H groups in total. The van der Waals surface area contributed by atoms with Gasteiger partial charge in [0.1, 0.15) is 11.3 Å². The Bertz CT molecular complexity index is 2100. The minimum atomic E-state index is -0.649. The van der Waals surface area contributed by atoms with Gasteiger partial charge in [-0.25, -0.2) is 13.3 Å². The molecule has 0 aliphatic heterocycles. The summed E-state index contributed by atoms with van der Waals surface area (Å²) in [7, 11) is 4.03. The van der Waals surface area contributed by atoms with E-state index in [4.69, 9.17) is 4.74 Å². The fraction of sp³-hybridized carbons (Fsp3) is 0.139. The van der Waals surface area contributed by atoms with E-state index in [0.29, 0.717) is 28.2 Å². The number of aryl methyl sites for hydroxylation is 1. The summed E-state index contributed by atoms with van der Waals surface area (Å²) in [5.41, 5.74) is 4.58. The Labute approximate surface area is 258 Å². The van der Waals surface area contributed by atoms with Crippen molar-refractivity contribution >= 4 is 11.3 Å². The molecule has 6 rings (SSSR count). The second-order valence-electron chi connectivity index (χ2n) is 11.1. The molecule has 0 saturated carbocycles. The third-order valence-corrected chi connectivity index (χ3v) is 7.50. The van der Waals surface area contributed by atoms with E-state index in [2.05, 4.69) is 22.1 Å². The van der Waals surface area contributed by atoms with Crippen molar-refractivity contribution < 1.29 is 18.3 Å². The largest absolute Gasteiger partial charge is 0.452 e. The van der Waals surface area contributed by atoms with E-state index >= 15 is 4.39 Å². The number of halogens is 2. The summed E-state index contributed by atoms with van der Waals surface area (Å²) in [6.07, 6.45) is 3.22. The number of fused-ring (bicyclic) bond motifs is 1. The molecule has 0 atom stereocenters. The Morgan fingerprint density at radius 2 is 1.69 bits per heavy atom. The maximum absolute atomic E-state index is 15.4. The molecular weight excluding hydrogens is 574 g/mol. The summed E-state index contributed by atoms with van der Waals surface area (Å²) in [6, 6.07) is 24.7. The first-order valence-electron chi connectivity index (χ1n) is 14.4. The summed E-state index contributed by atoms with van der Waals surface area (Å²) < 4.78 is 38.0. The quantitative estimate of drug-likeness (QED) is 0.166. The number of benzene rings is 3. The van der Waals surface area contributed by atoms with Crippen molar-refractivity contribution in [1.82, 2.24) is 19.1 Å². The predicted molar refractivity (Wildman–Crippen MR) is 169 cm³/mol. The second kappa shape index (κ2) is 12.3. The number of aromatic nitrogens is 3. The van der Waals surface area contributed by atoms with E-state index in [0.717, 1.165) is 23.2 Å². The molecule has 3 aromatic heterocycles. The van der Waals surface area contributed by atoms with Gasteiger partial charge in [0.05, 0.1) is 11.8 Å². The van der Waals surface area contributed by atoms with Crippen molar-refractivity contribution in [3.05, 3.63) is 148 Å². The van der Waals surface area contributed by atoms with Crippen molar-refractivity contribution in [3.8, 4) is 28.3 Å². The standard InChI is InChI=1S/C36H30F2N4O3/c1-23-7-13-30(36(44)42(23)28-11-9-27(37)10-12-28)32(43)21-24-8-14-33(31(38)20-24)45-34-15-17-39-41-18-16-29(35(34)41)26-6-4-5-25(19-26)22-40(2)3/h4-20H,21-22H2,1-3H3. The lowest BCUT2D eigenvalue weighted by atomic mass is 10.0. The van der Waals surface area contributed by atoms with Gasteiger partial charge in [0.15, 0.2) is 23.1 Å². The van der Waals surface area contributed by atoms with Gasteiger partial charge in [0.25, 0.3) is 5.56 Å². The topological polar surface area (TPSA) is 68.8 Å². The predicted octanol–water partition coefficient (Wildman–Crippen LogP) is 7.02. The molecule has 0 amide bonds. The Kier molecular flexibility index (Phi) is 8.10.